The molecule has 5 heteroatoms. The Balaban J connectivity index is 1.92. The second kappa shape index (κ2) is 7.20. The molecule has 0 aliphatic heterocycles. The summed E-state index contributed by atoms with van der Waals surface area (Å²) < 4.78 is 1.06. The van der Waals surface area contributed by atoms with Crippen LogP contribution >= 0.6 is 15.9 Å². The zero-order chi connectivity index (χ0) is 15.3. The summed E-state index contributed by atoms with van der Waals surface area (Å²) >= 11 is 3.48. The van der Waals surface area contributed by atoms with Gasteiger partial charge in [0.2, 0.25) is 0 Å². The molecule has 2 rings (SSSR count). The van der Waals surface area contributed by atoms with Crippen molar-refractivity contribution in [2.45, 2.75) is 26.8 Å². The molecular formula is C16H22BrN3O. The lowest BCUT2D eigenvalue weighted by Gasteiger charge is -2.23. The maximum absolute atomic E-state index is 9.02. The number of hydrogen-bond acceptors (Lipinski definition) is 3. The van der Waals surface area contributed by atoms with Crippen molar-refractivity contribution >= 4 is 15.9 Å². The van der Waals surface area contributed by atoms with Gasteiger partial charge in [-0.05, 0) is 24.0 Å². The quantitative estimate of drug-likeness (QED) is 0.716. The lowest BCUT2D eigenvalue weighted by atomic mass is 9.90. The lowest BCUT2D eigenvalue weighted by molar-refractivity contribution is 0.207. The van der Waals surface area contributed by atoms with E-state index in [0.717, 1.165) is 34.5 Å². The van der Waals surface area contributed by atoms with Gasteiger partial charge in [-0.3, -0.25) is 0 Å². The van der Waals surface area contributed by atoms with Gasteiger partial charge in [0.05, 0.1) is 18.4 Å². The smallest absolute Gasteiger partial charge is 0.120 e. The van der Waals surface area contributed by atoms with Crippen LogP contribution < -0.4 is 5.32 Å². The van der Waals surface area contributed by atoms with Gasteiger partial charge in [0.15, 0.2) is 0 Å². The van der Waals surface area contributed by atoms with Crippen LogP contribution in [0.15, 0.2) is 34.9 Å². The number of nitrogens with one attached hydrogen (secondary N) is 2. The molecule has 0 atom stereocenters. The highest BCUT2D eigenvalue weighted by Gasteiger charge is 2.16. The summed E-state index contributed by atoms with van der Waals surface area (Å²) in [5.41, 5.74) is 2.22. The highest BCUT2D eigenvalue weighted by molar-refractivity contribution is 9.10. The zero-order valence-electron chi connectivity index (χ0n) is 12.5. The van der Waals surface area contributed by atoms with Crippen molar-refractivity contribution < 1.29 is 5.11 Å². The lowest BCUT2D eigenvalue weighted by Crippen LogP contribution is -2.30. The number of aromatic nitrogens is 2. The van der Waals surface area contributed by atoms with Crippen LogP contribution in [-0.4, -0.2) is 28.2 Å². The molecule has 4 nitrogen and oxygen atoms in total. The van der Waals surface area contributed by atoms with Gasteiger partial charge in [0.1, 0.15) is 5.82 Å². The topological polar surface area (TPSA) is 60.9 Å². The van der Waals surface area contributed by atoms with E-state index in [1.165, 1.54) is 0 Å². The largest absolute Gasteiger partial charge is 0.396 e. The van der Waals surface area contributed by atoms with Crippen LogP contribution in [0.25, 0.3) is 11.3 Å². The Labute approximate surface area is 134 Å². The Hall–Kier alpha value is -1.17. The number of aliphatic hydroxyl groups excluding tert-OH is 1. The first-order chi connectivity index (χ1) is 10.00. The van der Waals surface area contributed by atoms with Gasteiger partial charge in [0, 0.05) is 23.2 Å². The molecule has 21 heavy (non-hydrogen) atoms. The van der Waals surface area contributed by atoms with Gasteiger partial charge in [0.25, 0.3) is 0 Å². The second-order valence-corrected chi connectivity index (χ2v) is 6.91. The van der Waals surface area contributed by atoms with E-state index in [9.17, 15) is 0 Å². The molecule has 0 spiro atoms. The first-order valence-corrected chi connectivity index (χ1v) is 7.91. The van der Waals surface area contributed by atoms with Crippen LogP contribution in [0.5, 0.6) is 0 Å². The minimum absolute atomic E-state index is 0.0917. The highest BCUT2D eigenvalue weighted by Crippen LogP contribution is 2.21. The number of nitrogens with zero attached hydrogens (tertiary/aromatic N) is 1. The Morgan fingerprint density at radius 3 is 2.90 bits per heavy atom. The van der Waals surface area contributed by atoms with Gasteiger partial charge in [-0.2, -0.15) is 0 Å². The molecule has 0 aliphatic carbocycles. The summed E-state index contributed by atoms with van der Waals surface area (Å²) in [6.07, 6.45) is 2.65. The van der Waals surface area contributed by atoms with E-state index in [0.29, 0.717) is 6.54 Å². The summed E-state index contributed by atoms with van der Waals surface area (Å²) in [6, 6.07) is 8.14. The van der Waals surface area contributed by atoms with Crippen molar-refractivity contribution in [2.24, 2.45) is 5.41 Å². The first kappa shape index (κ1) is 16.2. The van der Waals surface area contributed by atoms with Gasteiger partial charge in [-0.25, -0.2) is 4.98 Å². The van der Waals surface area contributed by atoms with Gasteiger partial charge < -0.3 is 15.4 Å². The van der Waals surface area contributed by atoms with Crippen molar-refractivity contribution in [3.8, 4) is 11.3 Å². The van der Waals surface area contributed by atoms with Crippen LogP contribution in [0.3, 0.4) is 0 Å². The minimum atomic E-state index is 0.0917. The fourth-order valence-electron chi connectivity index (χ4n) is 2.17. The van der Waals surface area contributed by atoms with Crippen molar-refractivity contribution in [1.82, 2.24) is 15.3 Å². The molecular weight excluding hydrogens is 330 g/mol. The Morgan fingerprint density at radius 2 is 2.19 bits per heavy atom. The molecule has 0 bridgehead atoms. The molecule has 2 aromatic rings. The normalized spacial score (nSPS) is 11.8. The molecule has 0 radical (unpaired) electrons. The van der Waals surface area contributed by atoms with Gasteiger partial charge in [-0.15, -0.1) is 0 Å². The highest BCUT2D eigenvalue weighted by atomic mass is 79.9. The van der Waals surface area contributed by atoms with Crippen molar-refractivity contribution in [1.29, 1.82) is 0 Å². The fourth-order valence-corrected chi connectivity index (χ4v) is 2.56. The number of hydrogen-bond donors (Lipinski definition) is 3. The molecule has 1 aromatic carbocycles. The SMILES string of the molecule is CC(C)(CCO)CNCc1ncc(-c2cccc(Br)c2)[nH]1. The predicted molar refractivity (Wildman–Crippen MR) is 88.9 cm³/mol. The predicted octanol–water partition coefficient (Wildman–Crippen LogP) is 3.34. The van der Waals surface area contributed by atoms with E-state index in [-0.39, 0.29) is 12.0 Å². The van der Waals surface area contributed by atoms with E-state index in [1.807, 2.05) is 18.3 Å². The van der Waals surface area contributed by atoms with E-state index in [2.05, 4.69) is 57.2 Å². The van der Waals surface area contributed by atoms with Crippen LogP contribution in [-0.2, 0) is 6.54 Å². The number of imidazole rings is 1. The van der Waals surface area contributed by atoms with Gasteiger partial charge >= 0.3 is 0 Å². The summed E-state index contributed by atoms with van der Waals surface area (Å²) in [4.78, 5) is 7.74. The minimum Gasteiger partial charge on any atom is -0.396 e. The average molecular weight is 352 g/mol. The zero-order valence-corrected chi connectivity index (χ0v) is 14.1. The van der Waals surface area contributed by atoms with Crippen LogP contribution in [0.1, 0.15) is 26.1 Å². The third-order valence-electron chi connectivity index (χ3n) is 3.45. The number of halogens is 1. The third-order valence-corrected chi connectivity index (χ3v) is 3.94. The molecule has 0 amide bonds. The monoisotopic (exact) mass is 351 g/mol. The van der Waals surface area contributed by atoms with E-state index < -0.39 is 0 Å². The molecule has 3 N–H and O–H groups in total. The van der Waals surface area contributed by atoms with Crippen LogP contribution in [0, 0.1) is 5.41 Å². The van der Waals surface area contributed by atoms with Crippen molar-refractivity contribution in [3.63, 3.8) is 0 Å². The maximum Gasteiger partial charge on any atom is 0.120 e. The number of H-pyrrole nitrogens is 1. The number of rotatable bonds is 7. The van der Waals surface area contributed by atoms with E-state index in [1.54, 1.807) is 0 Å². The average Bonchev–Trinajstić information content (AvgIpc) is 2.87. The summed E-state index contributed by atoms with van der Waals surface area (Å²) in [7, 11) is 0. The Kier molecular flexibility index (Phi) is 5.56. The summed E-state index contributed by atoms with van der Waals surface area (Å²) in [6.45, 7) is 6.06. The summed E-state index contributed by atoms with van der Waals surface area (Å²) in [5, 5.41) is 12.4. The standard InChI is InChI=1S/C16H22BrN3O/c1-16(2,6-7-21)11-18-10-15-19-9-14(20-15)12-4-3-5-13(17)8-12/h3-5,8-9,18,21H,6-7,10-11H2,1-2H3,(H,19,20). The number of aromatic amines is 1. The molecule has 0 aliphatic rings. The summed E-state index contributed by atoms with van der Waals surface area (Å²) in [5.74, 6) is 0.921. The molecule has 0 fully saturated rings. The molecule has 0 saturated heterocycles. The maximum atomic E-state index is 9.02. The number of benzene rings is 1. The number of aliphatic hydroxyl groups is 1. The van der Waals surface area contributed by atoms with Crippen LogP contribution in [0.4, 0.5) is 0 Å². The van der Waals surface area contributed by atoms with E-state index >= 15 is 0 Å². The molecule has 114 valence electrons. The van der Waals surface area contributed by atoms with Crippen molar-refractivity contribution in [2.75, 3.05) is 13.2 Å². The Bertz CT molecular complexity index is 580. The first-order valence-electron chi connectivity index (χ1n) is 7.11. The molecule has 0 saturated carbocycles. The van der Waals surface area contributed by atoms with E-state index in [4.69, 9.17) is 5.11 Å². The third kappa shape index (κ3) is 4.95. The van der Waals surface area contributed by atoms with Crippen molar-refractivity contribution in [3.05, 3.63) is 40.8 Å². The molecule has 1 aromatic heterocycles. The van der Waals surface area contributed by atoms with Gasteiger partial charge in [-0.1, -0.05) is 41.9 Å². The molecule has 0 unspecified atom stereocenters. The fraction of sp³-hybridized carbons (Fsp3) is 0.438. The Morgan fingerprint density at radius 1 is 1.38 bits per heavy atom. The molecule has 1 heterocycles. The van der Waals surface area contributed by atoms with Crippen LogP contribution in [0.2, 0.25) is 0 Å². The second-order valence-electron chi connectivity index (χ2n) is 6.00.